The number of hydrogen-bond acceptors (Lipinski definition) is 2. The van der Waals surface area contributed by atoms with Gasteiger partial charge in [0, 0.05) is 43.7 Å². The molecular formula is C48H28N4. The van der Waals surface area contributed by atoms with E-state index in [-0.39, 0.29) is 0 Å². The maximum atomic E-state index is 5.32. The van der Waals surface area contributed by atoms with Crippen LogP contribution in [-0.2, 0) is 0 Å². The van der Waals surface area contributed by atoms with Crippen molar-refractivity contribution in [3.63, 3.8) is 0 Å². The molecule has 240 valence electrons. The van der Waals surface area contributed by atoms with E-state index in [4.69, 9.17) is 9.97 Å². The maximum Gasteiger partial charge on any atom is 0.165 e. The molecule has 0 atom stereocenters. The number of para-hydroxylation sites is 5. The number of benzene rings is 8. The van der Waals surface area contributed by atoms with Gasteiger partial charge in [-0.2, -0.15) is 0 Å². The SMILES string of the molecule is c1ccc(-n2c3ccccc3c3ccc4c(-c5cc6c7c(c5)c5ccccc5n7-c5nc7ccccc7nc5-c5ccccc5-6)cccc4c32)cc1. The van der Waals surface area contributed by atoms with Crippen molar-refractivity contribution in [2.24, 2.45) is 0 Å². The van der Waals surface area contributed by atoms with Gasteiger partial charge in [0.25, 0.3) is 0 Å². The molecule has 12 rings (SSSR count). The Hall–Kier alpha value is -7.04. The molecule has 0 saturated carbocycles. The summed E-state index contributed by atoms with van der Waals surface area (Å²) in [4.78, 5) is 10.6. The Balaban J connectivity index is 1.21. The summed E-state index contributed by atoms with van der Waals surface area (Å²) >= 11 is 0. The van der Waals surface area contributed by atoms with Gasteiger partial charge in [0.15, 0.2) is 5.82 Å². The first-order chi connectivity index (χ1) is 25.8. The predicted octanol–water partition coefficient (Wildman–Crippen LogP) is 12.3. The van der Waals surface area contributed by atoms with Crippen molar-refractivity contribution in [3.05, 3.63) is 170 Å². The van der Waals surface area contributed by atoms with E-state index in [1.807, 2.05) is 12.1 Å². The lowest BCUT2D eigenvalue weighted by atomic mass is 9.90. The smallest absolute Gasteiger partial charge is 0.165 e. The van der Waals surface area contributed by atoms with E-state index in [1.54, 1.807) is 0 Å². The fraction of sp³-hybridized carbons (Fsp3) is 0. The van der Waals surface area contributed by atoms with Crippen LogP contribution >= 0.6 is 0 Å². The number of rotatable bonds is 2. The van der Waals surface area contributed by atoms with Gasteiger partial charge in [-0.25, -0.2) is 9.97 Å². The van der Waals surface area contributed by atoms with E-state index in [2.05, 4.69) is 167 Å². The molecule has 0 amide bonds. The van der Waals surface area contributed by atoms with Crippen LogP contribution in [0.2, 0.25) is 0 Å². The molecule has 4 nitrogen and oxygen atoms in total. The zero-order chi connectivity index (χ0) is 33.9. The van der Waals surface area contributed by atoms with E-state index in [1.165, 1.54) is 60.0 Å². The lowest BCUT2D eigenvalue weighted by molar-refractivity contribution is 1.09. The van der Waals surface area contributed by atoms with Crippen LogP contribution in [0.5, 0.6) is 0 Å². The molecule has 0 saturated heterocycles. The van der Waals surface area contributed by atoms with Gasteiger partial charge in [0.1, 0.15) is 5.69 Å². The third-order valence-electron chi connectivity index (χ3n) is 11.0. The lowest BCUT2D eigenvalue weighted by Gasteiger charge is -2.14. The summed E-state index contributed by atoms with van der Waals surface area (Å²) in [6, 6.07) is 61.3. The summed E-state index contributed by atoms with van der Waals surface area (Å²) in [7, 11) is 0. The second kappa shape index (κ2) is 10.3. The zero-order valence-electron chi connectivity index (χ0n) is 28.0. The van der Waals surface area contributed by atoms with Gasteiger partial charge in [-0.3, -0.25) is 4.57 Å². The molecule has 0 N–H and O–H groups in total. The Morgan fingerprint density at radius 2 is 0.942 bits per heavy atom. The van der Waals surface area contributed by atoms with E-state index in [9.17, 15) is 0 Å². The van der Waals surface area contributed by atoms with Crippen molar-refractivity contribution in [2.75, 3.05) is 0 Å². The van der Waals surface area contributed by atoms with Gasteiger partial charge >= 0.3 is 0 Å². The summed E-state index contributed by atoms with van der Waals surface area (Å²) in [5, 5.41) is 7.38. The standard InChI is InChI=1S/C48H28N4/c1-2-13-30(14-3-1)51-43-23-10-6-16-34(43)38-26-25-33-31(19-12-20-37(33)46(38)51)29-27-39-32-15-4-5-18-36(32)45-48(50-42-22-9-8-21-41(42)49-45)52-44-24-11-7-17-35(44)40(28-29)47(39)52/h1-28H. The zero-order valence-corrected chi connectivity index (χ0v) is 28.0. The van der Waals surface area contributed by atoms with Crippen LogP contribution in [0.1, 0.15) is 0 Å². The molecule has 0 spiro atoms. The largest absolute Gasteiger partial charge is 0.309 e. The second-order valence-electron chi connectivity index (χ2n) is 13.8. The Labute approximate surface area is 298 Å². The minimum Gasteiger partial charge on any atom is -0.309 e. The quantitative estimate of drug-likeness (QED) is 0.185. The minimum atomic E-state index is 0.866. The Morgan fingerprint density at radius 3 is 1.77 bits per heavy atom. The summed E-state index contributed by atoms with van der Waals surface area (Å²) in [6.45, 7) is 0. The van der Waals surface area contributed by atoms with Crippen molar-refractivity contribution >= 4 is 65.4 Å². The maximum absolute atomic E-state index is 5.32. The molecule has 8 aromatic carbocycles. The molecule has 1 aliphatic rings. The van der Waals surface area contributed by atoms with Crippen LogP contribution < -0.4 is 0 Å². The van der Waals surface area contributed by atoms with E-state index in [0.29, 0.717) is 0 Å². The van der Waals surface area contributed by atoms with Crippen LogP contribution in [0, 0.1) is 0 Å². The van der Waals surface area contributed by atoms with Crippen LogP contribution in [0.3, 0.4) is 0 Å². The molecule has 0 radical (unpaired) electrons. The highest BCUT2D eigenvalue weighted by Crippen LogP contribution is 2.48. The van der Waals surface area contributed by atoms with Crippen molar-refractivity contribution in [3.8, 4) is 45.0 Å². The van der Waals surface area contributed by atoms with E-state index >= 15 is 0 Å². The van der Waals surface area contributed by atoms with Gasteiger partial charge in [0.05, 0.1) is 33.1 Å². The molecule has 4 heterocycles. The third-order valence-corrected chi connectivity index (χ3v) is 11.0. The molecule has 4 heteroatoms. The molecule has 0 unspecified atom stereocenters. The first-order valence-corrected chi connectivity index (χ1v) is 17.8. The fourth-order valence-corrected chi connectivity index (χ4v) is 8.84. The highest BCUT2D eigenvalue weighted by atomic mass is 15.1. The van der Waals surface area contributed by atoms with Crippen molar-refractivity contribution < 1.29 is 0 Å². The number of hydrogen-bond donors (Lipinski definition) is 0. The Bertz CT molecular complexity index is 3290. The van der Waals surface area contributed by atoms with Crippen LogP contribution in [-0.4, -0.2) is 19.1 Å². The van der Waals surface area contributed by atoms with Gasteiger partial charge in [0.2, 0.25) is 0 Å². The van der Waals surface area contributed by atoms with Gasteiger partial charge in [-0.05, 0) is 70.6 Å². The fourth-order valence-electron chi connectivity index (χ4n) is 8.84. The average molecular weight is 661 g/mol. The van der Waals surface area contributed by atoms with Crippen molar-refractivity contribution in [2.45, 2.75) is 0 Å². The predicted molar refractivity (Wildman–Crippen MR) is 216 cm³/mol. The normalized spacial score (nSPS) is 12.2. The summed E-state index contributed by atoms with van der Waals surface area (Å²) < 4.78 is 4.78. The molecule has 52 heavy (non-hydrogen) atoms. The van der Waals surface area contributed by atoms with E-state index in [0.717, 1.165) is 50.4 Å². The first kappa shape index (κ1) is 27.7. The highest BCUT2D eigenvalue weighted by Gasteiger charge is 2.28. The molecule has 0 fully saturated rings. The number of aromatic nitrogens is 4. The van der Waals surface area contributed by atoms with Gasteiger partial charge in [-0.15, -0.1) is 0 Å². The molecule has 0 aliphatic carbocycles. The molecule has 11 aromatic rings. The average Bonchev–Trinajstić information content (AvgIpc) is 3.70. The van der Waals surface area contributed by atoms with Gasteiger partial charge in [-0.1, -0.05) is 121 Å². The topological polar surface area (TPSA) is 35.6 Å². The second-order valence-corrected chi connectivity index (χ2v) is 13.8. The summed E-state index contributed by atoms with van der Waals surface area (Å²) in [6.07, 6.45) is 0. The van der Waals surface area contributed by atoms with E-state index < -0.39 is 0 Å². The molecule has 3 aromatic heterocycles. The first-order valence-electron chi connectivity index (χ1n) is 17.8. The van der Waals surface area contributed by atoms with Crippen LogP contribution in [0.4, 0.5) is 0 Å². The molecule has 0 bridgehead atoms. The highest BCUT2D eigenvalue weighted by molar-refractivity contribution is 6.22. The lowest BCUT2D eigenvalue weighted by Crippen LogP contribution is -2.02. The number of nitrogens with zero attached hydrogens (tertiary/aromatic N) is 4. The summed E-state index contributed by atoms with van der Waals surface area (Å²) in [5.41, 5.74) is 14.4. The Kier molecular flexibility index (Phi) is 5.47. The van der Waals surface area contributed by atoms with Gasteiger partial charge < -0.3 is 4.57 Å². The van der Waals surface area contributed by atoms with Crippen LogP contribution in [0.15, 0.2) is 170 Å². The minimum absolute atomic E-state index is 0.866. The monoisotopic (exact) mass is 660 g/mol. The number of fused-ring (bicyclic) bond motifs is 14. The van der Waals surface area contributed by atoms with Crippen molar-refractivity contribution in [1.82, 2.24) is 19.1 Å². The van der Waals surface area contributed by atoms with Crippen LogP contribution in [0.25, 0.3) is 110 Å². The Morgan fingerprint density at radius 1 is 0.346 bits per heavy atom. The summed E-state index contributed by atoms with van der Waals surface area (Å²) in [5.74, 6) is 0.866. The molecular weight excluding hydrogens is 633 g/mol. The third kappa shape index (κ3) is 3.65. The molecule has 1 aliphatic heterocycles. The van der Waals surface area contributed by atoms with Crippen molar-refractivity contribution in [1.29, 1.82) is 0 Å².